The molecule has 0 saturated carbocycles. The summed E-state index contributed by atoms with van der Waals surface area (Å²) < 4.78 is 26.5. The molecule has 0 aliphatic carbocycles. The predicted octanol–water partition coefficient (Wildman–Crippen LogP) is 1.87. The van der Waals surface area contributed by atoms with Gasteiger partial charge in [-0.15, -0.1) is 0 Å². The Hall–Kier alpha value is -2.10. The number of benzene rings is 1. The van der Waals surface area contributed by atoms with Gasteiger partial charge < -0.3 is 9.29 Å². The van der Waals surface area contributed by atoms with E-state index in [0.29, 0.717) is 16.9 Å². The second kappa shape index (κ2) is 6.77. The molecule has 1 atom stereocenters. The Bertz CT molecular complexity index is 757. The number of hydrogen-bond donors (Lipinski definition) is 1. The monoisotopic (exact) mass is 339 g/mol. The van der Waals surface area contributed by atoms with Crippen molar-refractivity contribution in [3.05, 3.63) is 35.5 Å². The molecule has 0 aliphatic heterocycles. The first-order valence-electron chi connectivity index (χ1n) is 6.02. The second-order valence-corrected chi connectivity index (χ2v) is 6.44. The summed E-state index contributed by atoms with van der Waals surface area (Å²) in [5, 5.41) is 2.71. The standard InChI is InChI=1S/C13H12N2O5S2/c1-7-5-9(20-8(2)16)3-4-10(7)12(17)15-13-14-6-11(21-13)22(18)19/h3-6H,1-2H3,(H,18,19)(H,14,15,17)/p-1. The van der Waals surface area contributed by atoms with Crippen molar-refractivity contribution in [2.75, 3.05) is 5.32 Å². The van der Waals surface area contributed by atoms with Gasteiger partial charge in [-0.1, -0.05) is 11.3 Å². The largest absolute Gasteiger partial charge is 0.768 e. The van der Waals surface area contributed by atoms with Crippen molar-refractivity contribution < 1.29 is 23.1 Å². The fourth-order valence-corrected chi connectivity index (χ4v) is 2.87. The van der Waals surface area contributed by atoms with Gasteiger partial charge in [-0.25, -0.2) is 4.98 Å². The summed E-state index contributed by atoms with van der Waals surface area (Å²) in [6, 6.07) is 4.59. The van der Waals surface area contributed by atoms with E-state index in [-0.39, 0.29) is 9.34 Å². The van der Waals surface area contributed by atoms with E-state index in [4.69, 9.17) is 4.74 Å². The molecule has 1 amide bonds. The Balaban J connectivity index is 2.15. The van der Waals surface area contributed by atoms with Gasteiger partial charge in [-0.2, -0.15) is 0 Å². The molecule has 0 radical (unpaired) electrons. The fraction of sp³-hybridized carbons (Fsp3) is 0.154. The number of rotatable bonds is 4. The topological polar surface area (TPSA) is 108 Å². The highest BCUT2D eigenvalue weighted by atomic mass is 32.2. The minimum Gasteiger partial charge on any atom is -0.768 e. The molecule has 2 aromatic rings. The molecule has 1 aromatic heterocycles. The molecule has 1 N–H and O–H groups in total. The Morgan fingerprint density at radius 3 is 2.68 bits per heavy atom. The van der Waals surface area contributed by atoms with Gasteiger partial charge in [0.25, 0.3) is 5.91 Å². The molecule has 1 aromatic carbocycles. The van der Waals surface area contributed by atoms with Gasteiger partial charge in [0, 0.05) is 12.5 Å². The van der Waals surface area contributed by atoms with E-state index in [0.717, 1.165) is 11.3 Å². The normalized spacial score (nSPS) is 11.8. The molecular weight excluding hydrogens is 328 g/mol. The first-order valence-corrected chi connectivity index (χ1v) is 7.91. The zero-order valence-electron chi connectivity index (χ0n) is 11.6. The van der Waals surface area contributed by atoms with E-state index in [1.165, 1.54) is 25.3 Å². The van der Waals surface area contributed by atoms with Crippen molar-refractivity contribution >= 4 is 39.4 Å². The lowest BCUT2D eigenvalue weighted by Gasteiger charge is -2.08. The molecule has 1 unspecified atom stereocenters. The molecule has 116 valence electrons. The number of ether oxygens (including phenoxy) is 1. The summed E-state index contributed by atoms with van der Waals surface area (Å²) in [5.41, 5.74) is 0.983. The van der Waals surface area contributed by atoms with Crippen molar-refractivity contribution in [3.8, 4) is 5.75 Å². The molecule has 0 bridgehead atoms. The van der Waals surface area contributed by atoms with Gasteiger partial charge >= 0.3 is 5.97 Å². The molecule has 1 heterocycles. The van der Waals surface area contributed by atoms with Gasteiger partial charge in [0.1, 0.15) is 5.75 Å². The maximum Gasteiger partial charge on any atom is 0.308 e. The number of carbonyl (C=O) groups excluding carboxylic acids is 2. The lowest BCUT2D eigenvalue weighted by atomic mass is 10.1. The molecule has 0 fully saturated rings. The maximum atomic E-state index is 12.1. The SMILES string of the molecule is CC(=O)Oc1ccc(C(=O)Nc2ncc(S(=O)[O-])s2)c(C)c1. The van der Waals surface area contributed by atoms with Crippen LogP contribution in [0.2, 0.25) is 0 Å². The van der Waals surface area contributed by atoms with Crippen LogP contribution in [0.25, 0.3) is 0 Å². The number of esters is 1. The summed E-state index contributed by atoms with van der Waals surface area (Å²) in [7, 11) is 0. The zero-order chi connectivity index (χ0) is 16.3. The zero-order valence-corrected chi connectivity index (χ0v) is 13.2. The molecule has 22 heavy (non-hydrogen) atoms. The quantitative estimate of drug-likeness (QED) is 0.517. The van der Waals surface area contributed by atoms with Crippen LogP contribution in [0.4, 0.5) is 5.13 Å². The molecule has 9 heteroatoms. The number of nitrogens with one attached hydrogen (secondary N) is 1. The molecule has 0 spiro atoms. The highest BCUT2D eigenvalue weighted by Gasteiger charge is 2.13. The lowest BCUT2D eigenvalue weighted by Crippen LogP contribution is -2.13. The first kappa shape index (κ1) is 16.3. The summed E-state index contributed by atoms with van der Waals surface area (Å²) >= 11 is -1.52. The van der Waals surface area contributed by atoms with Crippen LogP contribution >= 0.6 is 11.3 Å². The number of nitrogens with zero attached hydrogens (tertiary/aromatic N) is 1. The Kier molecular flexibility index (Phi) is 5.01. The van der Waals surface area contributed by atoms with Gasteiger partial charge in [0.05, 0.1) is 10.4 Å². The van der Waals surface area contributed by atoms with Crippen LogP contribution in [0, 0.1) is 6.92 Å². The molecule has 0 aliphatic rings. The van der Waals surface area contributed by atoms with Crippen molar-refractivity contribution in [2.24, 2.45) is 0 Å². The number of amides is 1. The van der Waals surface area contributed by atoms with E-state index in [1.54, 1.807) is 13.0 Å². The number of carbonyl (C=O) groups is 2. The third-order valence-electron chi connectivity index (χ3n) is 2.57. The third-order valence-corrected chi connectivity index (χ3v) is 4.37. The summed E-state index contributed by atoms with van der Waals surface area (Å²) in [5.74, 6) is -0.526. The van der Waals surface area contributed by atoms with Crippen LogP contribution in [-0.2, 0) is 15.9 Å². The van der Waals surface area contributed by atoms with E-state index in [1.807, 2.05) is 0 Å². The molecule has 7 nitrogen and oxygen atoms in total. The fourth-order valence-electron chi connectivity index (χ4n) is 1.68. The Morgan fingerprint density at radius 1 is 1.41 bits per heavy atom. The lowest BCUT2D eigenvalue weighted by molar-refractivity contribution is -0.131. The van der Waals surface area contributed by atoms with Crippen molar-refractivity contribution in [3.63, 3.8) is 0 Å². The van der Waals surface area contributed by atoms with Crippen LogP contribution in [0.1, 0.15) is 22.8 Å². The van der Waals surface area contributed by atoms with Crippen LogP contribution < -0.4 is 10.1 Å². The summed E-state index contributed by atoms with van der Waals surface area (Å²) in [6.07, 6.45) is 1.17. The Morgan fingerprint density at radius 2 is 2.14 bits per heavy atom. The average Bonchev–Trinajstić information content (AvgIpc) is 2.86. The van der Waals surface area contributed by atoms with Crippen LogP contribution in [0.5, 0.6) is 5.75 Å². The average molecular weight is 339 g/mol. The summed E-state index contributed by atoms with van der Waals surface area (Å²) in [6.45, 7) is 2.98. The minimum absolute atomic E-state index is 0.0391. The van der Waals surface area contributed by atoms with Crippen LogP contribution in [0.3, 0.4) is 0 Å². The van der Waals surface area contributed by atoms with Crippen molar-refractivity contribution in [1.29, 1.82) is 0 Å². The third kappa shape index (κ3) is 3.97. The van der Waals surface area contributed by atoms with E-state index in [2.05, 4.69) is 10.3 Å². The highest BCUT2D eigenvalue weighted by molar-refractivity contribution is 7.81. The van der Waals surface area contributed by atoms with Gasteiger partial charge in [-0.3, -0.25) is 19.1 Å². The highest BCUT2D eigenvalue weighted by Crippen LogP contribution is 2.23. The number of hydrogen-bond acceptors (Lipinski definition) is 7. The number of aromatic nitrogens is 1. The summed E-state index contributed by atoms with van der Waals surface area (Å²) in [4.78, 5) is 26.8. The second-order valence-electron chi connectivity index (χ2n) is 4.24. The molecule has 0 saturated heterocycles. The van der Waals surface area contributed by atoms with Crippen LogP contribution in [-0.4, -0.2) is 25.6 Å². The molecule has 2 rings (SSSR count). The number of anilines is 1. The van der Waals surface area contributed by atoms with Crippen molar-refractivity contribution in [2.45, 2.75) is 18.1 Å². The molecular formula is C13H11N2O5S2-. The van der Waals surface area contributed by atoms with Crippen LogP contribution in [0.15, 0.2) is 28.6 Å². The maximum absolute atomic E-state index is 12.1. The minimum atomic E-state index is -2.37. The van der Waals surface area contributed by atoms with Gasteiger partial charge in [0.2, 0.25) is 0 Å². The van der Waals surface area contributed by atoms with E-state index >= 15 is 0 Å². The predicted molar refractivity (Wildman–Crippen MR) is 79.7 cm³/mol. The van der Waals surface area contributed by atoms with Gasteiger partial charge in [-0.05, 0) is 41.8 Å². The van der Waals surface area contributed by atoms with Gasteiger partial charge in [0.15, 0.2) is 5.13 Å². The van der Waals surface area contributed by atoms with Crippen molar-refractivity contribution in [1.82, 2.24) is 4.98 Å². The first-order chi connectivity index (χ1) is 10.4. The van der Waals surface area contributed by atoms with E-state index in [9.17, 15) is 18.4 Å². The van der Waals surface area contributed by atoms with E-state index < -0.39 is 23.0 Å². The Labute approximate surface area is 132 Å². The number of aryl methyl sites for hydroxylation is 1. The number of thiazole rings is 1. The smallest absolute Gasteiger partial charge is 0.308 e.